The Hall–Kier alpha value is -0.770. The first-order valence-electron chi connectivity index (χ1n) is 8.31. The zero-order valence-electron chi connectivity index (χ0n) is 13.2. The van der Waals surface area contributed by atoms with E-state index in [1.165, 1.54) is 25.7 Å². The predicted molar refractivity (Wildman–Crippen MR) is 82.7 cm³/mol. The predicted octanol–water partition coefficient (Wildman–Crippen LogP) is 3.20. The van der Waals surface area contributed by atoms with Gasteiger partial charge in [0.15, 0.2) is 0 Å². The molecule has 118 valence electrons. The monoisotopic (exact) mass is 284 g/mol. The second-order valence-electron chi connectivity index (χ2n) is 6.20. The number of nitrogens with one attached hydrogen (secondary N) is 2. The van der Waals surface area contributed by atoms with E-state index in [1.807, 2.05) is 0 Å². The first kappa shape index (κ1) is 17.3. The van der Waals surface area contributed by atoms with Gasteiger partial charge in [0.2, 0.25) is 0 Å². The molecule has 4 nitrogen and oxygen atoms in total. The molecule has 1 saturated carbocycles. The SMILES string of the molecule is CCC(CC)(CCO)CNC(=O)NC1CCCCCC1. The van der Waals surface area contributed by atoms with Gasteiger partial charge in [0.25, 0.3) is 0 Å². The number of carbonyl (C=O) groups excluding carboxylic acids is 1. The van der Waals surface area contributed by atoms with Crippen molar-refractivity contribution in [2.75, 3.05) is 13.2 Å². The fourth-order valence-electron chi connectivity index (χ4n) is 3.11. The third kappa shape index (κ3) is 5.70. The number of carbonyl (C=O) groups is 1. The highest BCUT2D eigenvalue weighted by molar-refractivity contribution is 5.74. The van der Waals surface area contributed by atoms with Gasteiger partial charge < -0.3 is 15.7 Å². The molecular formula is C16H32N2O2. The van der Waals surface area contributed by atoms with Crippen LogP contribution in [0.2, 0.25) is 0 Å². The molecule has 1 fully saturated rings. The molecule has 0 aliphatic heterocycles. The Bertz CT molecular complexity index is 270. The van der Waals surface area contributed by atoms with Crippen LogP contribution < -0.4 is 10.6 Å². The maximum absolute atomic E-state index is 12.0. The average Bonchev–Trinajstić information content (AvgIpc) is 2.72. The topological polar surface area (TPSA) is 61.4 Å². The summed E-state index contributed by atoms with van der Waals surface area (Å²) in [6, 6.07) is 0.300. The second kappa shape index (κ2) is 9.22. The molecule has 0 unspecified atom stereocenters. The van der Waals surface area contributed by atoms with Gasteiger partial charge in [-0.15, -0.1) is 0 Å². The molecular weight excluding hydrogens is 252 g/mol. The van der Waals surface area contributed by atoms with Crippen molar-refractivity contribution in [1.82, 2.24) is 10.6 Å². The average molecular weight is 284 g/mol. The van der Waals surface area contributed by atoms with Crippen LogP contribution in [0.1, 0.15) is 71.6 Å². The first-order chi connectivity index (χ1) is 9.65. The van der Waals surface area contributed by atoms with Crippen LogP contribution in [0.25, 0.3) is 0 Å². The van der Waals surface area contributed by atoms with Crippen LogP contribution in [0.15, 0.2) is 0 Å². The number of rotatable bonds is 7. The summed E-state index contributed by atoms with van der Waals surface area (Å²) in [6.07, 6.45) is 9.97. The third-order valence-corrected chi connectivity index (χ3v) is 4.96. The summed E-state index contributed by atoms with van der Waals surface area (Å²) in [4.78, 5) is 12.0. The number of aliphatic hydroxyl groups is 1. The van der Waals surface area contributed by atoms with Crippen molar-refractivity contribution in [3.63, 3.8) is 0 Å². The minimum Gasteiger partial charge on any atom is -0.396 e. The van der Waals surface area contributed by atoms with Gasteiger partial charge in [0, 0.05) is 19.2 Å². The molecule has 1 rings (SSSR count). The van der Waals surface area contributed by atoms with Crippen molar-refractivity contribution in [2.24, 2.45) is 5.41 Å². The van der Waals surface area contributed by atoms with Gasteiger partial charge in [-0.1, -0.05) is 39.5 Å². The Kier molecular flexibility index (Phi) is 7.97. The van der Waals surface area contributed by atoms with E-state index < -0.39 is 0 Å². The highest BCUT2D eigenvalue weighted by Gasteiger charge is 2.26. The number of hydrogen-bond acceptors (Lipinski definition) is 2. The molecule has 0 bridgehead atoms. The van der Waals surface area contributed by atoms with Crippen molar-refractivity contribution >= 4 is 6.03 Å². The second-order valence-corrected chi connectivity index (χ2v) is 6.20. The fraction of sp³-hybridized carbons (Fsp3) is 0.938. The molecule has 0 radical (unpaired) electrons. The van der Waals surface area contributed by atoms with Gasteiger partial charge >= 0.3 is 6.03 Å². The summed E-state index contributed by atoms with van der Waals surface area (Å²) < 4.78 is 0. The van der Waals surface area contributed by atoms with Crippen molar-refractivity contribution in [3.8, 4) is 0 Å². The molecule has 0 aromatic rings. The Balaban J connectivity index is 2.36. The summed E-state index contributed by atoms with van der Waals surface area (Å²) in [5.41, 5.74) is 0.0372. The van der Waals surface area contributed by atoms with E-state index in [1.54, 1.807) is 0 Å². The van der Waals surface area contributed by atoms with Gasteiger partial charge in [0.05, 0.1) is 0 Å². The van der Waals surface area contributed by atoms with E-state index in [9.17, 15) is 9.90 Å². The van der Waals surface area contributed by atoms with Crippen LogP contribution in [0.3, 0.4) is 0 Å². The lowest BCUT2D eigenvalue weighted by Crippen LogP contribution is -2.46. The molecule has 0 spiro atoms. The molecule has 1 aliphatic carbocycles. The fourth-order valence-corrected chi connectivity index (χ4v) is 3.11. The number of amides is 2. The van der Waals surface area contributed by atoms with E-state index in [2.05, 4.69) is 24.5 Å². The molecule has 0 aromatic heterocycles. The van der Waals surface area contributed by atoms with Crippen molar-refractivity contribution in [1.29, 1.82) is 0 Å². The smallest absolute Gasteiger partial charge is 0.315 e. The molecule has 3 N–H and O–H groups in total. The quantitative estimate of drug-likeness (QED) is 0.629. The van der Waals surface area contributed by atoms with Gasteiger partial charge in [-0.05, 0) is 37.5 Å². The van der Waals surface area contributed by atoms with Crippen molar-refractivity contribution < 1.29 is 9.90 Å². The van der Waals surface area contributed by atoms with E-state index >= 15 is 0 Å². The van der Waals surface area contributed by atoms with E-state index in [0.717, 1.165) is 32.1 Å². The third-order valence-electron chi connectivity index (χ3n) is 4.96. The number of aliphatic hydroxyl groups excluding tert-OH is 1. The largest absolute Gasteiger partial charge is 0.396 e. The van der Waals surface area contributed by atoms with Crippen LogP contribution in [-0.4, -0.2) is 30.3 Å². The zero-order valence-corrected chi connectivity index (χ0v) is 13.2. The van der Waals surface area contributed by atoms with Crippen LogP contribution in [0.5, 0.6) is 0 Å². The minimum absolute atomic E-state index is 0.0372. The van der Waals surface area contributed by atoms with Gasteiger partial charge in [-0.2, -0.15) is 0 Å². The first-order valence-corrected chi connectivity index (χ1v) is 8.31. The number of urea groups is 1. The Morgan fingerprint density at radius 2 is 1.75 bits per heavy atom. The van der Waals surface area contributed by atoms with Gasteiger partial charge in [-0.25, -0.2) is 4.79 Å². The lowest BCUT2D eigenvalue weighted by atomic mass is 9.79. The molecule has 0 saturated heterocycles. The highest BCUT2D eigenvalue weighted by Crippen LogP contribution is 2.29. The molecule has 0 atom stereocenters. The van der Waals surface area contributed by atoms with Gasteiger partial charge in [-0.3, -0.25) is 0 Å². The van der Waals surface area contributed by atoms with Crippen LogP contribution in [-0.2, 0) is 0 Å². The van der Waals surface area contributed by atoms with Crippen molar-refractivity contribution in [3.05, 3.63) is 0 Å². The van der Waals surface area contributed by atoms with E-state index in [4.69, 9.17) is 0 Å². The van der Waals surface area contributed by atoms with Gasteiger partial charge in [0.1, 0.15) is 0 Å². The molecule has 0 aromatic carbocycles. The van der Waals surface area contributed by atoms with Crippen LogP contribution in [0.4, 0.5) is 4.79 Å². The Morgan fingerprint density at radius 3 is 2.25 bits per heavy atom. The molecule has 2 amide bonds. The van der Waals surface area contributed by atoms with E-state index in [-0.39, 0.29) is 18.1 Å². The summed E-state index contributed by atoms with van der Waals surface area (Å²) in [5.74, 6) is 0. The summed E-state index contributed by atoms with van der Waals surface area (Å²) in [6.45, 7) is 5.10. The Labute approximate surface area is 123 Å². The lowest BCUT2D eigenvalue weighted by molar-refractivity contribution is 0.162. The molecule has 4 heteroatoms. The molecule has 0 heterocycles. The normalized spacial score (nSPS) is 17.6. The van der Waals surface area contributed by atoms with Crippen LogP contribution >= 0.6 is 0 Å². The van der Waals surface area contributed by atoms with E-state index in [0.29, 0.717) is 12.6 Å². The van der Waals surface area contributed by atoms with Crippen molar-refractivity contribution in [2.45, 2.75) is 77.7 Å². The van der Waals surface area contributed by atoms with Crippen LogP contribution in [0, 0.1) is 5.41 Å². The maximum Gasteiger partial charge on any atom is 0.315 e. The minimum atomic E-state index is -0.0406. The summed E-state index contributed by atoms with van der Waals surface area (Å²) in [7, 11) is 0. The summed E-state index contributed by atoms with van der Waals surface area (Å²) >= 11 is 0. The standard InChI is InChI=1S/C16H32N2O2/c1-3-16(4-2,11-12-19)13-17-15(20)18-14-9-7-5-6-8-10-14/h14,19H,3-13H2,1-2H3,(H2,17,18,20). The maximum atomic E-state index is 12.0. The lowest BCUT2D eigenvalue weighted by Gasteiger charge is -2.31. The zero-order chi connectivity index (χ0) is 14.8. The Morgan fingerprint density at radius 1 is 1.15 bits per heavy atom. The number of hydrogen-bond donors (Lipinski definition) is 3. The summed E-state index contributed by atoms with van der Waals surface area (Å²) in [5, 5.41) is 15.3. The molecule has 20 heavy (non-hydrogen) atoms. The molecule has 1 aliphatic rings. The highest BCUT2D eigenvalue weighted by atomic mass is 16.3.